The van der Waals surface area contributed by atoms with Gasteiger partial charge in [0.25, 0.3) is 5.56 Å². The van der Waals surface area contributed by atoms with Crippen LogP contribution in [-0.2, 0) is 17.9 Å². The zero-order chi connectivity index (χ0) is 22.9. The van der Waals surface area contributed by atoms with Gasteiger partial charge in [-0.05, 0) is 42.0 Å². The molecule has 6 nitrogen and oxygen atoms in total. The quantitative estimate of drug-likeness (QED) is 0.440. The van der Waals surface area contributed by atoms with Crippen molar-refractivity contribution in [3.8, 4) is 11.3 Å². The fourth-order valence-electron chi connectivity index (χ4n) is 3.87. The molecule has 0 saturated carbocycles. The minimum absolute atomic E-state index is 0.275. The number of hydrogen-bond acceptors (Lipinski definition) is 3. The Balaban J connectivity index is 1.55. The number of carbonyl (C=O) groups is 1. The number of pyridine rings is 1. The van der Waals surface area contributed by atoms with Gasteiger partial charge < -0.3 is 9.88 Å². The number of aromatic nitrogens is 3. The van der Waals surface area contributed by atoms with Crippen molar-refractivity contribution >= 4 is 22.5 Å². The first-order valence-corrected chi connectivity index (χ1v) is 10.3. The van der Waals surface area contributed by atoms with Crippen LogP contribution < -0.4 is 10.9 Å². The molecule has 1 N–H and O–H groups in total. The molecule has 5 rings (SSSR count). The van der Waals surface area contributed by atoms with Crippen LogP contribution >= 0.6 is 0 Å². The van der Waals surface area contributed by atoms with Gasteiger partial charge in [0, 0.05) is 23.8 Å². The van der Waals surface area contributed by atoms with Crippen LogP contribution in [0, 0.1) is 11.6 Å². The number of nitrogens with one attached hydrogen (secondary N) is 1. The maximum atomic E-state index is 14.1. The summed E-state index contributed by atoms with van der Waals surface area (Å²) in [6.45, 7) is 0.114. The van der Waals surface area contributed by atoms with E-state index in [9.17, 15) is 18.4 Å². The second-order valence-corrected chi connectivity index (χ2v) is 7.69. The molecule has 2 heterocycles. The number of halogens is 2. The number of fused-ring (bicyclic) bond motifs is 3. The molecular formula is C25H18F2N4O2. The number of amides is 1. The molecule has 0 atom stereocenters. The standard InChI is InChI=1S/C25H18F2N4O2/c26-17-7-4-8-19(11-17)28-23(32)15-31-25(33)21-14-30(13-16-5-2-1-3-6-16)22-10-9-18(27)12-20(22)24(21)29-31/h1-12,14H,13,15H2,(H,28,32). The summed E-state index contributed by atoms with van der Waals surface area (Å²) >= 11 is 0. The molecular weight excluding hydrogens is 426 g/mol. The highest BCUT2D eigenvalue weighted by atomic mass is 19.1. The average molecular weight is 444 g/mol. The van der Waals surface area contributed by atoms with Crippen LogP contribution in [0.2, 0.25) is 0 Å². The molecule has 3 aromatic carbocycles. The van der Waals surface area contributed by atoms with E-state index in [-0.39, 0.29) is 17.8 Å². The van der Waals surface area contributed by atoms with Crippen molar-refractivity contribution in [3.05, 3.63) is 107 Å². The lowest BCUT2D eigenvalue weighted by Gasteiger charge is -2.14. The summed E-state index contributed by atoms with van der Waals surface area (Å²) in [7, 11) is 0. The van der Waals surface area contributed by atoms with E-state index in [1.165, 1.54) is 30.3 Å². The number of hydrogen-bond donors (Lipinski definition) is 1. The Kier molecular flexibility index (Phi) is 5.18. The minimum atomic E-state index is -0.529. The lowest BCUT2D eigenvalue weighted by Crippen LogP contribution is -2.26. The van der Waals surface area contributed by atoms with Crippen LogP contribution in [-0.4, -0.2) is 20.3 Å². The van der Waals surface area contributed by atoms with E-state index in [2.05, 4.69) is 10.4 Å². The van der Waals surface area contributed by atoms with E-state index < -0.39 is 23.1 Å². The molecule has 33 heavy (non-hydrogen) atoms. The normalized spacial score (nSPS) is 11.2. The van der Waals surface area contributed by atoms with Crippen molar-refractivity contribution in [1.29, 1.82) is 0 Å². The van der Waals surface area contributed by atoms with Gasteiger partial charge in [0.15, 0.2) is 0 Å². The monoisotopic (exact) mass is 444 g/mol. The predicted octanol–water partition coefficient (Wildman–Crippen LogP) is 4.27. The second kappa shape index (κ2) is 8.31. The molecule has 2 aliphatic heterocycles. The van der Waals surface area contributed by atoms with Gasteiger partial charge in [0.1, 0.15) is 23.9 Å². The van der Waals surface area contributed by atoms with Crippen molar-refractivity contribution in [2.45, 2.75) is 13.1 Å². The SMILES string of the molecule is O=C(Cn1nc2c3cc(F)ccc3n(Cc3ccccc3)cc-2c1=O)Nc1cccc(F)c1. The highest BCUT2D eigenvalue weighted by molar-refractivity contribution is 5.94. The molecule has 2 aliphatic rings. The molecule has 0 spiro atoms. The Morgan fingerprint density at radius 1 is 0.939 bits per heavy atom. The average Bonchev–Trinajstić information content (AvgIpc) is 3.10. The fourth-order valence-corrected chi connectivity index (χ4v) is 3.87. The maximum absolute atomic E-state index is 14.1. The molecule has 3 aromatic rings. The topological polar surface area (TPSA) is 68.9 Å². The molecule has 0 saturated heterocycles. The van der Waals surface area contributed by atoms with E-state index in [0.29, 0.717) is 23.1 Å². The summed E-state index contributed by atoms with van der Waals surface area (Å²) in [5.74, 6) is -1.47. The highest BCUT2D eigenvalue weighted by Gasteiger charge is 2.22. The smallest absolute Gasteiger partial charge is 0.278 e. The van der Waals surface area contributed by atoms with E-state index in [0.717, 1.165) is 10.2 Å². The number of carbonyl (C=O) groups excluding carboxylic acids is 1. The summed E-state index contributed by atoms with van der Waals surface area (Å²) in [6.07, 6.45) is 1.68. The molecule has 164 valence electrons. The van der Waals surface area contributed by atoms with Crippen molar-refractivity contribution in [2.75, 3.05) is 5.32 Å². The first kappa shape index (κ1) is 20.6. The van der Waals surface area contributed by atoms with E-state index >= 15 is 0 Å². The third-order valence-electron chi connectivity index (χ3n) is 5.35. The van der Waals surface area contributed by atoms with E-state index in [1.807, 2.05) is 34.9 Å². The van der Waals surface area contributed by atoms with Crippen LogP contribution in [0.5, 0.6) is 0 Å². The van der Waals surface area contributed by atoms with E-state index in [4.69, 9.17) is 0 Å². The predicted molar refractivity (Wildman–Crippen MR) is 121 cm³/mol. The Hall–Kier alpha value is -4.33. The van der Waals surface area contributed by atoms with Crippen LogP contribution in [0.15, 0.2) is 83.8 Å². The van der Waals surface area contributed by atoms with Crippen molar-refractivity contribution in [2.24, 2.45) is 0 Å². The van der Waals surface area contributed by atoms with E-state index in [1.54, 1.807) is 18.3 Å². The third-order valence-corrected chi connectivity index (χ3v) is 5.35. The Morgan fingerprint density at radius 2 is 1.73 bits per heavy atom. The van der Waals surface area contributed by atoms with Gasteiger partial charge in [-0.15, -0.1) is 0 Å². The van der Waals surface area contributed by atoms with Gasteiger partial charge in [0.2, 0.25) is 5.91 Å². The number of nitrogens with zero attached hydrogens (tertiary/aromatic N) is 3. The zero-order valence-electron chi connectivity index (χ0n) is 17.3. The summed E-state index contributed by atoms with van der Waals surface area (Å²) in [4.78, 5) is 25.5. The lowest BCUT2D eigenvalue weighted by molar-refractivity contribution is -0.116. The second-order valence-electron chi connectivity index (χ2n) is 7.69. The highest BCUT2D eigenvalue weighted by Crippen LogP contribution is 2.28. The third kappa shape index (κ3) is 4.10. The van der Waals surface area contributed by atoms with Gasteiger partial charge >= 0.3 is 0 Å². The number of anilines is 1. The molecule has 0 fully saturated rings. The van der Waals surface area contributed by atoms with Gasteiger partial charge in [-0.3, -0.25) is 9.59 Å². The lowest BCUT2D eigenvalue weighted by atomic mass is 10.1. The Bertz CT molecular complexity index is 1510. The minimum Gasteiger partial charge on any atom is -0.342 e. The van der Waals surface area contributed by atoms with Crippen molar-refractivity contribution < 1.29 is 13.6 Å². The van der Waals surface area contributed by atoms with Crippen LogP contribution in [0.1, 0.15) is 5.56 Å². The zero-order valence-corrected chi connectivity index (χ0v) is 17.3. The van der Waals surface area contributed by atoms with Gasteiger partial charge in [-0.25, -0.2) is 13.5 Å². The van der Waals surface area contributed by atoms with Crippen LogP contribution in [0.3, 0.4) is 0 Å². The summed E-state index contributed by atoms with van der Waals surface area (Å²) in [5.41, 5.74) is 2.13. The molecule has 0 bridgehead atoms. The molecule has 0 unspecified atom stereocenters. The molecule has 1 amide bonds. The van der Waals surface area contributed by atoms with Gasteiger partial charge in [0.05, 0.1) is 11.1 Å². The van der Waals surface area contributed by atoms with Crippen LogP contribution in [0.4, 0.5) is 14.5 Å². The molecule has 0 radical (unpaired) electrons. The summed E-state index contributed by atoms with van der Waals surface area (Å²) in [5, 5.41) is 7.34. The van der Waals surface area contributed by atoms with Crippen LogP contribution in [0.25, 0.3) is 22.2 Å². The van der Waals surface area contributed by atoms with Gasteiger partial charge in [-0.1, -0.05) is 36.4 Å². The van der Waals surface area contributed by atoms with Gasteiger partial charge in [-0.2, -0.15) is 5.10 Å². The number of rotatable bonds is 5. The fraction of sp³-hybridized carbons (Fsp3) is 0.0800. The molecule has 0 aromatic heterocycles. The Labute approximate surface area is 187 Å². The first-order valence-electron chi connectivity index (χ1n) is 10.3. The first-order chi connectivity index (χ1) is 16.0. The summed E-state index contributed by atoms with van der Waals surface area (Å²) < 4.78 is 30.4. The molecule has 0 aliphatic carbocycles. The number of benzene rings is 3. The molecule has 8 heteroatoms. The Morgan fingerprint density at radius 3 is 2.52 bits per heavy atom. The van der Waals surface area contributed by atoms with Crippen molar-refractivity contribution in [1.82, 2.24) is 14.3 Å². The summed E-state index contributed by atoms with van der Waals surface area (Å²) in [6, 6.07) is 19.5. The largest absolute Gasteiger partial charge is 0.342 e. The van der Waals surface area contributed by atoms with Crippen molar-refractivity contribution in [3.63, 3.8) is 0 Å². The maximum Gasteiger partial charge on any atom is 0.278 e.